The molecular formula is C20H16Cl2N6O. The molecule has 2 aromatic heterocycles. The number of rotatable bonds is 3. The molecule has 29 heavy (non-hydrogen) atoms. The van der Waals surface area contributed by atoms with E-state index in [4.69, 9.17) is 23.2 Å². The number of halogens is 2. The number of aryl methyl sites for hydroxylation is 2. The maximum absolute atomic E-state index is 12.4. The number of aromatic nitrogens is 4. The van der Waals surface area contributed by atoms with E-state index in [9.17, 15) is 4.79 Å². The molecule has 2 N–H and O–H groups in total. The Hall–Kier alpha value is -3.16. The Labute approximate surface area is 176 Å². The third-order valence-electron chi connectivity index (χ3n) is 4.38. The highest BCUT2D eigenvalue weighted by Crippen LogP contribution is 2.30. The number of fused-ring (bicyclic) bond motifs is 1. The lowest BCUT2D eigenvalue weighted by Crippen LogP contribution is -2.20. The number of benzene rings is 2. The zero-order valence-corrected chi connectivity index (χ0v) is 17.1. The van der Waals surface area contributed by atoms with E-state index in [2.05, 4.69) is 31.8 Å². The fourth-order valence-electron chi connectivity index (χ4n) is 3.02. The van der Waals surface area contributed by atoms with Crippen molar-refractivity contribution in [2.45, 2.75) is 13.8 Å². The van der Waals surface area contributed by atoms with Gasteiger partial charge >= 0.3 is 6.03 Å². The van der Waals surface area contributed by atoms with Gasteiger partial charge in [-0.05, 0) is 37.6 Å². The van der Waals surface area contributed by atoms with Crippen LogP contribution in [0.5, 0.6) is 0 Å². The van der Waals surface area contributed by atoms with Crippen molar-refractivity contribution in [3.8, 4) is 5.69 Å². The van der Waals surface area contributed by atoms with Gasteiger partial charge in [0.25, 0.3) is 0 Å². The lowest BCUT2D eigenvalue weighted by Gasteiger charge is -2.10. The third kappa shape index (κ3) is 3.74. The molecule has 146 valence electrons. The number of urea groups is 1. The molecule has 0 radical (unpaired) electrons. The number of amides is 2. The zero-order chi connectivity index (χ0) is 20.5. The first-order chi connectivity index (χ1) is 13.9. The van der Waals surface area contributed by atoms with Gasteiger partial charge in [-0.15, -0.1) is 0 Å². The molecular weight excluding hydrogens is 411 g/mol. The van der Waals surface area contributed by atoms with E-state index < -0.39 is 6.03 Å². The minimum Gasteiger partial charge on any atom is -0.306 e. The van der Waals surface area contributed by atoms with Crippen LogP contribution in [0.25, 0.3) is 16.7 Å². The molecule has 0 saturated carbocycles. The molecule has 0 aliphatic heterocycles. The van der Waals surface area contributed by atoms with Crippen LogP contribution in [0.1, 0.15) is 11.1 Å². The van der Waals surface area contributed by atoms with Gasteiger partial charge in [0, 0.05) is 0 Å². The number of hydrogen-bond donors (Lipinski definition) is 2. The number of nitrogens with zero attached hydrogens (tertiary/aromatic N) is 4. The lowest BCUT2D eigenvalue weighted by molar-refractivity contribution is 0.262. The second-order valence-electron chi connectivity index (χ2n) is 6.49. The second-order valence-corrected chi connectivity index (χ2v) is 7.27. The largest absolute Gasteiger partial charge is 0.324 e. The normalized spacial score (nSPS) is 10.9. The van der Waals surface area contributed by atoms with Gasteiger partial charge < -0.3 is 5.32 Å². The molecule has 7 nitrogen and oxygen atoms in total. The van der Waals surface area contributed by atoms with Crippen molar-refractivity contribution in [2.75, 3.05) is 10.6 Å². The number of anilines is 2. The van der Waals surface area contributed by atoms with E-state index in [1.165, 1.54) is 6.33 Å². The summed E-state index contributed by atoms with van der Waals surface area (Å²) in [6.07, 6.45) is 3.00. The fourth-order valence-corrected chi connectivity index (χ4v) is 3.37. The highest BCUT2D eigenvalue weighted by atomic mass is 35.5. The molecule has 9 heteroatoms. The van der Waals surface area contributed by atoms with Crippen molar-refractivity contribution < 1.29 is 4.79 Å². The van der Waals surface area contributed by atoms with Crippen LogP contribution in [0.3, 0.4) is 0 Å². The molecule has 2 amide bonds. The van der Waals surface area contributed by atoms with Crippen molar-refractivity contribution in [3.63, 3.8) is 0 Å². The van der Waals surface area contributed by atoms with Crippen LogP contribution in [0, 0.1) is 13.8 Å². The summed E-state index contributed by atoms with van der Waals surface area (Å²) in [5, 5.41) is 11.0. The molecule has 2 heterocycles. The Balaban J connectivity index is 1.64. The summed E-state index contributed by atoms with van der Waals surface area (Å²) < 4.78 is 1.72. The second kappa shape index (κ2) is 7.69. The monoisotopic (exact) mass is 426 g/mol. The lowest BCUT2D eigenvalue weighted by atomic mass is 10.1. The van der Waals surface area contributed by atoms with E-state index in [0.29, 0.717) is 27.6 Å². The zero-order valence-electron chi connectivity index (χ0n) is 15.6. The van der Waals surface area contributed by atoms with Crippen LogP contribution in [0.4, 0.5) is 16.3 Å². The minimum absolute atomic E-state index is 0.264. The number of carbonyl (C=O) groups is 1. The Morgan fingerprint density at radius 2 is 1.90 bits per heavy atom. The summed E-state index contributed by atoms with van der Waals surface area (Å²) in [6.45, 7) is 4.05. The highest BCUT2D eigenvalue weighted by molar-refractivity contribution is 6.44. The fraction of sp³-hybridized carbons (Fsp3) is 0.100. The average molecular weight is 427 g/mol. The van der Waals surface area contributed by atoms with Crippen LogP contribution < -0.4 is 10.6 Å². The van der Waals surface area contributed by atoms with E-state index in [1.54, 1.807) is 29.1 Å². The number of carbonyl (C=O) groups excluding carboxylic acids is 1. The van der Waals surface area contributed by atoms with E-state index in [-0.39, 0.29) is 5.02 Å². The number of hydrogen-bond acceptors (Lipinski definition) is 4. The molecule has 0 atom stereocenters. The first-order valence-corrected chi connectivity index (χ1v) is 9.48. The molecule has 0 unspecified atom stereocenters. The molecule has 4 rings (SSSR count). The molecule has 4 aromatic rings. The summed E-state index contributed by atoms with van der Waals surface area (Å²) in [7, 11) is 0. The summed E-state index contributed by atoms with van der Waals surface area (Å²) >= 11 is 12.1. The van der Waals surface area contributed by atoms with Gasteiger partial charge in [-0.1, -0.05) is 47.0 Å². The molecule has 0 spiro atoms. The minimum atomic E-state index is -0.506. The van der Waals surface area contributed by atoms with Crippen molar-refractivity contribution >= 4 is 51.8 Å². The molecule has 0 aliphatic carbocycles. The summed E-state index contributed by atoms with van der Waals surface area (Å²) in [5.41, 5.74) is 4.12. The van der Waals surface area contributed by atoms with Crippen LogP contribution in [-0.2, 0) is 0 Å². The van der Waals surface area contributed by atoms with Crippen LogP contribution in [0.2, 0.25) is 10.0 Å². The summed E-state index contributed by atoms with van der Waals surface area (Å²) in [4.78, 5) is 21.0. The Morgan fingerprint density at radius 1 is 1.07 bits per heavy atom. The Kier molecular flexibility index (Phi) is 5.08. The van der Waals surface area contributed by atoms with E-state index in [0.717, 1.165) is 16.8 Å². The first-order valence-electron chi connectivity index (χ1n) is 8.72. The smallest absolute Gasteiger partial charge is 0.306 e. The Bertz CT molecular complexity index is 1240. The standard InChI is InChI=1S/C20H16Cl2N6O/c1-11-6-7-16(12(2)8-11)28-19-13(9-25-28)18(23-10-24-19)27-20(29)26-15-5-3-4-14(21)17(15)22/h3-10H,1-2H3,(H2,23,24,26,27,29). The van der Waals surface area contributed by atoms with Crippen molar-refractivity contribution in [1.29, 1.82) is 0 Å². The van der Waals surface area contributed by atoms with Crippen molar-refractivity contribution in [2.24, 2.45) is 0 Å². The van der Waals surface area contributed by atoms with E-state index in [1.807, 2.05) is 26.0 Å². The van der Waals surface area contributed by atoms with Crippen molar-refractivity contribution in [1.82, 2.24) is 19.7 Å². The molecule has 0 saturated heterocycles. The maximum atomic E-state index is 12.4. The first kappa shape index (κ1) is 19.2. The number of nitrogens with one attached hydrogen (secondary N) is 2. The van der Waals surface area contributed by atoms with E-state index >= 15 is 0 Å². The van der Waals surface area contributed by atoms with Crippen LogP contribution >= 0.6 is 23.2 Å². The van der Waals surface area contributed by atoms with Gasteiger partial charge in [0.2, 0.25) is 0 Å². The van der Waals surface area contributed by atoms with Gasteiger partial charge in [-0.2, -0.15) is 5.10 Å². The van der Waals surface area contributed by atoms with Gasteiger partial charge in [0.15, 0.2) is 5.65 Å². The third-order valence-corrected chi connectivity index (χ3v) is 5.20. The van der Waals surface area contributed by atoms with Gasteiger partial charge in [0.1, 0.15) is 12.1 Å². The maximum Gasteiger partial charge on any atom is 0.324 e. The van der Waals surface area contributed by atoms with Gasteiger partial charge in [-0.3, -0.25) is 5.32 Å². The van der Waals surface area contributed by atoms with Gasteiger partial charge in [0.05, 0.1) is 33.0 Å². The average Bonchev–Trinajstić information content (AvgIpc) is 3.10. The summed E-state index contributed by atoms with van der Waals surface area (Å²) in [5.74, 6) is 0.335. The SMILES string of the molecule is Cc1ccc(-n2ncc3c(NC(=O)Nc4cccc(Cl)c4Cl)ncnc32)c(C)c1. The predicted molar refractivity (Wildman–Crippen MR) is 115 cm³/mol. The Morgan fingerprint density at radius 3 is 2.69 bits per heavy atom. The van der Waals surface area contributed by atoms with Gasteiger partial charge in [-0.25, -0.2) is 19.4 Å². The molecule has 0 fully saturated rings. The summed E-state index contributed by atoms with van der Waals surface area (Å²) in [6, 6.07) is 10.6. The molecule has 2 aromatic carbocycles. The highest BCUT2D eigenvalue weighted by Gasteiger charge is 2.15. The topological polar surface area (TPSA) is 84.7 Å². The quantitative estimate of drug-likeness (QED) is 0.460. The van der Waals surface area contributed by atoms with Crippen molar-refractivity contribution in [3.05, 3.63) is 70.1 Å². The molecule has 0 aliphatic rings. The molecule has 0 bridgehead atoms. The van der Waals surface area contributed by atoms with Crippen LogP contribution in [0.15, 0.2) is 48.9 Å². The van der Waals surface area contributed by atoms with Crippen LogP contribution in [-0.4, -0.2) is 25.8 Å². The predicted octanol–water partition coefficient (Wildman–Crippen LogP) is 5.38.